The zero-order valence-electron chi connectivity index (χ0n) is 24.7. The van der Waals surface area contributed by atoms with Crippen molar-refractivity contribution in [3.8, 4) is 50.6 Å². The lowest BCUT2D eigenvalue weighted by Crippen LogP contribution is -1.91. The van der Waals surface area contributed by atoms with Crippen LogP contribution in [0.5, 0.6) is 0 Å². The predicted molar refractivity (Wildman–Crippen MR) is 187 cm³/mol. The van der Waals surface area contributed by atoms with Gasteiger partial charge in [-0.2, -0.15) is 5.26 Å². The molecule has 7 aromatic carbocycles. The second-order valence-corrected chi connectivity index (χ2v) is 11.6. The maximum atomic E-state index is 10.1. The molecular formula is C43H25NO2. The van der Waals surface area contributed by atoms with E-state index in [1.54, 1.807) is 0 Å². The average Bonchev–Trinajstić information content (AvgIpc) is 3.70. The summed E-state index contributed by atoms with van der Waals surface area (Å²) >= 11 is 0. The van der Waals surface area contributed by atoms with Crippen molar-refractivity contribution in [1.29, 1.82) is 5.26 Å². The highest BCUT2D eigenvalue weighted by molar-refractivity contribution is 6.11. The minimum atomic E-state index is 0.610. The molecule has 0 radical (unpaired) electrons. The van der Waals surface area contributed by atoms with E-state index in [1.165, 1.54) is 0 Å². The predicted octanol–water partition coefficient (Wildman–Crippen LogP) is 12.0. The summed E-state index contributed by atoms with van der Waals surface area (Å²) in [7, 11) is 0. The zero-order valence-corrected chi connectivity index (χ0v) is 24.7. The van der Waals surface area contributed by atoms with Gasteiger partial charge in [-0.15, -0.1) is 0 Å². The lowest BCUT2D eigenvalue weighted by molar-refractivity contribution is 0.669. The van der Waals surface area contributed by atoms with Crippen LogP contribution in [0.3, 0.4) is 0 Å². The van der Waals surface area contributed by atoms with E-state index in [0.29, 0.717) is 5.56 Å². The molecule has 0 bridgehead atoms. The van der Waals surface area contributed by atoms with Gasteiger partial charge in [0.25, 0.3) is 0 Å². The lowest BCUT2D eigenvalue weighted by Gasteiger charge is -2.15. The molecule has 3 nitrogen and oxygen atoms in total. The van der Waals surface area contributed by atoms with Gasteiger partial charge in [0.2, 0.25) is 0 Å². The molecule has 3 heteroatoms. The van der Waals surface area contributed by atoms with Crippen molar-refractivity contribution in [1.82, 2.24) is 0 Å². The van der Waals surface area contributed by atoms with E-state index in [-0.39, 0.29) is 0 Å². The quantitative estimate of drug-likeness (QED) is 0.206. The van der Waals surface area contributed by atoms with Crippen molar-refractivity contribution in [2.75, 3.05) is 0 Å². The molecule has 2 aromatic heterocycles. The molecule has 0 amide bonds. The Balaban J connectivity index is 1.30. The highest BCUT2D eigenvalue weighted by Crippen LogP contribution is 2.43. The van der Waals surface area contributed by atoms with E-state index in [2.05, 4.69) is 91.0 Å². The van der Waals surface area contributed by atoms with Crippen molar-refractivity contribution < 1.29 is 8.83 Å². The minimum Gasteiger partial charge on any atom is -0.456 e. The largest absolute Gasteiger partial charge is 0.456 e. The van der Waals surface area contributed by atoms with Crippen molar-refractivity contribution >= 4 is 43.9 Å². The van der Waals surface area contributed by atoms with Gasteiger partial charge in [-0.3, -0.25) is 0 Å². The van der Waals surface area contributed by atoms with Crippen LogP contribution < -0.4 is 0 Å². The molecule has 0 aliphatic rings. The number of benzene rings is 7. The second-order valence-electron chi connectivity index (χ2n) is 11.6. The van der Waals surface area contributed by atoms with Crippen molar-refractivity contribution in [3.63, 3.8) is 0 Å². The molecule has 0 aliphatic heterocycles. The molecule has 0 saturated heterocycles. The summed E-state index contributed by atoms with van der Waals surface area (Å²) in [6.07, 6.45) is 0. The summed E-state index contributed by atoms with van der Waals surface area (Å²) in [5.74, 6) is 0. The molecule has 46 heavy (non-hydrogen) atoms. The Morgan fingerprint density at radius 2 is 1.02 bits per heavy atom. The molecule has 0 saturated carbocycles. The van der Waals surface area contributed by atoms with Crippen LogP contribution in [0.4, 0.5) is 0 Å². The fourth-order valence-corrected chi connectivity index (χ4v) is 6.71. The molecule has 9 rings (SSSR count). The Kier molecular flexibility index (Phi) is 5.88. The molecular weight excluding hydrogens is 562 g/mol. The number of rotatable bonds is 4. The van der Waals surface area contributed by atoms with Crippen LogP contribution in [0.2, 0.25) is 0 Å². The molecule has 2 heterocycles. The average molecular weight is 588 g/mol. The number of hydrogen-bond acceptors (Lipinski definition) is 3. The zero-order chi connectivity index (χ0) is 30.6. The van der Waals surface area contributed by atoms with Gasteiger partial charge in [-0.1, -0.05) is 103 Å². The lowest BCUT2D eigenvalue weighted by atomic mass is 9.88. The maximum Gasteiger partial charge on any atom is 0.143 e. The number of nitriles is 1. The summed E-state index contributed by atoms with van der Waals surface area (Å²) in [4.78, 5) is 0. The van der Waals surface area contributed by atoms with Crippen molar-refractivity contribution in [3.05, 3.63) is 157 Å². The summed E-state index contributed by atoms with van der Waals surface area (Å²) in [5.41, 5.74) is 12.3. The molecule has 214 valence electrons. The van der Waals surface area contributed by atoms with Crippen LogP contribution >= 0.6 is 0 Å². The molecule has 9 aromatic rings. The molecule has 0 aliphatic carbocycles. The molecule has 0 unspecified atom stereocenters. The van der Waals surface area contributed by atoms with Gasteiger partial charge in [0.1, 0.15) is 22.3 Å². The Labute approximate surface area is 265 Å². The molecule has 0 N–H and O–H groups in total. The first kappa shape index (κ1) is 26.1. The third kappa shape index (κ3) is 4.20. The van der Waals surface area contributed by atoms with Gasteiger partial charge in [0, 0.05) is 27.1 Å². The van der Waals surface area contributed by atoms with Gasteiger partial charge in [0.15, 0.2) is 0 Å². The number of furan rings is 2. The first-order valence-electron chi connectivity index (χ1n) is 15.3. The van der Waals surface area contributed by atoms with Crippen molar-refractivity contribution in [2.24, 2.45) is 0 Å². The van der Waals surface area contributed by atoms with Gasteiger partial charge in [0.05, 0.1) is 11.6 Å². The number of hydrogen-bond donors (Lipinski definition) is 0. The minimum absolute atomic E-state index is 0.610. The highest BCUT2D eigenvalue weighted by atomic mass is 16.3. The van der Waals surface area contributed by atoms with E-state index >= 15 is 0 Å². The van der Waals surface area contributed by atoms with E-state index in [0.717, 1.165) is 88.4 Å². The van der Waals surface area contributed by atoms with Gasteiger partial charge >= 0.3 is 0 Å². The van der Waals surface area contributed by atoms with Gasteiger partial charge in [-0.05, 0) is 87.5 Å². The Hall–Kier alpha value is -6.37. The molecule has 0 atom stereocenters. The Morgan fingerprint density at radius 1 is 0.370 bits per heavy atom. The summed E-state index contributed by atoms with van der Waals surface area (Å²) in [6, 6.07) is 54.4. The Bertz CT molecular complexity index is 2650. The van der Waals surface area contributed by atoms with Crippen molar-refractivity contribution in [2.45, 2.75) is 0 Å². The summed E-state index contributed by atoms with van der Waals surface area (Å²) < 4.78 is 12.7. The smallest absolute Gasteiger partial charge is 0.143 e. The van der Waals surface area contributed by atoms with E-state index in [9.17, 15) is 5.26 Å². The maximum absolute atomic E-state index is 10.1. The molecule has 0 fully saturated rings. The van der Waals surface area contributed by atoms with E-state index in [4.69, 9.17) is 8.83 Å². The standard InChI is InChI=1S/C43H25NO2/c44-26-27-21-31(28-9-2-1-3-10-28)23-32(22-27)39-24-29(30-18-20-36-34-11-4-6-15-40(34)45-42(36)25-30)17-19-33(39)37-13-8-14-38-35-12-5-7-16-41(35)46-43(37)38/h1-25H. The number of fused-ring (bicyclic) bond motifs is 6. The van der Waals surface area contributed by atoms with Crippen LogP contribution in [0.15, 0.2) is 160 Å². The SMILES string of the molecule is N#Cc1cc(-c2ccccc2)cc(-c2cc(-c3ccc4c(c3)oc3ccccc34)ccc2-c2cccc3c2oc2ccccc23)c1. The highest BCUT2D eigenvalue weighted by Gasteiger charge is 2.18. The normalized spacial score (nSPS) is 11.5. The third-order valence-corrected chi connectivity index (χ3v) is 8.91. The van der Waals surface area contributed by atoms with Gasteiger partial charge in [-0.25, -0.2) is 0 Å². The monoisotopic (exact) mass is 587 g/mol. The van der Waals surface area contributed by atoms with Gasteiger partial charge < -0.3 is 8.83 Å². The fraction of sp³-hybridized carbons (Fsp3) is 0. The second kappa shape index (κ2) is 10.4. The van der Waals surface area contributed by atoms with Crippen LogP contribution in [0, 0.1) is 11.3 Å². The van der Waals surface area contributed by atoms with Crippen LogP contribution in [0.25, 0.3) is 88.4 Å². The first-order valence-corrected chi connectivity index (χ1v) is 15.3. The van der Waals surface area contributed by atoms with Crippen LogP contribution in [0.1, 0.15) is 5.56 Å². The van der Waals surface area contributed by atoms with E-state index in [1.807, 2.05) is 66.7 Å². The summed E-state index contributed by atoms with van der Waals surface area (Å²) in [5, 5.41) is 14.5. The van der Waals surface area contributed by atoms with E-state index < -0.39 is 0 Å². The summed E-state index contributed by atoms with van der Waals surface area (Å²) in [6.45, 7) is 0. The fourth-order valence-electron chi connectivity index (χ4n) is 6.71. The number of para-hydroxylation sites is 3. The topological polar surface area (TPSA) is 50.1 Å². The van der Waals surface area contributed by atoms with Crippen LogP contribution in [-0.2, 0) is 0 Å². The third-order valence-electron chi connectivity index (χ3n) is 8.91. The molecule has 0 spiro atoms. The number of nitrogens with zero attached hydrogens (tertiary/aromatic N) is 1. The first-order chi connectivity index (χ1) is 22.7. The van der Waals surface area contributed by atoms with Crippen LogP contribution in [-0.4, -0.2) is 0 Å². The Morgan fingerprint density at radius 3 is 1.85 bits per heavy atom.